The number of fused-ring (bicyclic) bond motifs is 1. The molecule has 1 saturated heterocycles. The number of likely N-dealkylation sites (N-methyl/N-ethyl adjacent to an activating group) is 1. The van der Waals surface area contributed by atoms with E-state index in [1.807, 2.05) is 0 Å². The molecule has 2 aromatic rings. The molecule has 0 saturated carbocycles. The first-order valence-corrected chi connectivity index (χ1v) is 7.42. The van der Waals surface area contributed by atoms with Crippen molar-refractivity contribution in [2.24, 2.45) is 0 Å². The van der Waals surface area contributed by atoms with Gasteiger partial charge in [-0.05, 0) is 6.42 Å². The van der Waals surface area contributed by atoms with Crippen molar-refractivity contribution in [3.8, 4) is 0 Å². The van der Waals surface area contributed by atoms with Crippen molar-refractivity contribution in [3.05, 3.63) is 17.3 Å². The molecule has 0 bridgehead atoms. The lowest BCUT2D eigenvalue weighted by Crippen LogP contribution is -2.37. The van der Waals surface area contributed by atoms with Gasteiger partial charge in [-0.3, -0.25) is 9.59 Å². The normalized spacial score (nSPS) is 16.3. The van der Waals surface area contributed by atoms with E-state index in [-0.39, 0.29) is 18.4 Å². The molecule has 8 heteroatoms. The van der Waals surface area contributed by atoms with Gasteiger partial charge >= 0.3 is 0 Å². The highest BCUT2D eigenvalue weighted by molar-refractivity contribution is 7.21. The Hall–Kier alpha value is -2.22. The van der Waals surface area contributed by atoms with Crippen LogP contribution in [-0.2, 0) is 4.79 Å². The van der Waals surface area contributed by atoms with Crippen molar-refractivity contribution in [2.75, 3.05) is 32.4 Å². The van der Waals surface area contributed by atoms with Gasteiger partial charge in [-0.1, -0.05) is 0 Å². The van der Waals surface area contributed by atoms with Gasteiger partial charge in [0.2, 0.25) is 5.91 Å². The van der Waals surface area contributed by atoms with E-state index in [0.717, 1.165) is 6.42 Å². The van der Waals surface area contributed by atoms with Crippen LogP contribution >= 0.6 is 11.3 Å². The van der Waals surface area contributed by atoms with Crippen LogP contribution in [0.15, 0.2) is 12.4 Å². The molecule has 0 spiro atoms. The molecule has 1 aliphatic heterocycles. The van der Waals surface area contributed by atoms with Crippen LogP contribution in [0.4, 0.5) is 5.69 Å². The molecule has 7 nitrogen and oxygen atoms in total. The molecule has 0 unspecified atom stereocenters. The second-order valence-corrected chi connectivity index (χ2v) is 5.95. The molecule has 1 aliphatic rings. The number of nitrogen functional groups attached to an aromatic ring is 1. The molecular formula is C13H15N5O2S. The van der Waals surface area contributed by atoms with E-state index in [4.69, 9.17) is 5.73 Å². The molecule has 1 fully saturated rings. The molecule has 21 heavy (non-hydrogen) atoms. The Kier molecular flexibility index (Phi) is 3.46. The highest BCUT2D eigenvalue weighted by Gasteiger charge is 2.27. The lowest BCUT2D eigenvalue weighted by atomic mass is 10.3. The lowest BCUT2D eigenvalue weighted by Gasteiger charge is -2.19. The van der Waals surface area contributed by atoms with E-state index in [0.29, 0.717) is 34.0 Å². The van der Waals surface area contributed by atoms with Crippen LogP contribution in [0.1, 0.15) is 16.1 Å². The van der Waals surface area contributed by atoms with Crippen LogP contribution in [0.2, 0.25) is 0 Å². The smallest absolute Gasteiger partial charge is 0.266 e. The number of aromatic nitrogens is 2. The number of rotatable bonds is 1. The number of carbonyl (C=O) groups excluding carboxylic acids is 2. The van der Waals surface area contributed by atoms with Gasteiger partial charge in [0.05, 0.1) is 5.69 Å². The third-order valence-electron chi connectivity index (χ3n) is 3.52. The summed E-state index contributed by atoms with van der Waals surface area (Å²) in [4.78, 5) is 37.1. The van der Waals surface area contributed by atoms with Crippen molar-refractivity contribution < 1.29 is 9.59 Å². The minimum atomic E-state index is -0.221. The minimum absolute atomic E-state index is 0.0585. The summed E-state index contributed by atoms with van der Waals surface area (Å²) in [5.74, 6) is -0.280. The van der Waals surface area contributed by atoms with Crippen LogP contribution in [-0.4, -0.2) is 58.3 Å². The first-order valence-electron chi connectivity index (χ1n) is 6.60. The van der Waals surface area contributed by atoms with Crippen molar-refractivity contribution in [3.63, 3.8) is 0 Å². The minimum Gasteiger partial charge on any atom is -0.396 e. The van der Waals surface area contributed by atoms with E-state index in [2.05, 4.69) is 9.97 Å². The maximum atomic E-state index is 12.6. The van der Waals surface area contributed by atoms with E-state index >= 15 is 0 Å². The van der Waals surface area contributed by atoms with Crippen LogP contribution < -0.4 is 5.73 Å². The van der Waals surface area contributed by atoms with Gasteiger partial charge in [0, 0.05) is 32.5 Å². The molecule has 110 valence electrons. The number of hydrogen-bond acceptors (Lipinski definition) is 6. The first-order chi connectivity index (χ1) is 10.1. The fourth-order valence-corrected chi connectivity index (χ4v) is 3.30. The summed E-state index contributed by atoms with van der Waals surface area (Å²) >= 11 is 1.22. The number of amides is 2. The van der Waals surface area contributed by atoms with E-state index in [9.17, 15) is 9.59 Å². The second-order valence-electron chi connectivity index (χ2n) is 4.95. The largest absolute Gasteiger partial charge is 0.396 e. The molecule has 3 rings (SSSR count). The van der Waals surface area contributed by atoms with Gasteiger partial charge in [0.1, 0.15) is 21.8 Å². The van der Waals surface area contributed by atoms with Crippen molar-refractivity contribution in [2.45, 2.75) is 6.42 Å². The second kappa shape index (κ2) is 5.28. The number of nitrogens with two attached hydrogens (primary N) is 1. The Labute approximate surface area is 125 Å². The van der Waals surface area contributed by atoms with E-state index in [1.54, 1.807) is 29.2 Å². The third kappa shape index (κ3) is 2.42. The topological polar surface area (TPSA) is 92.4 Å². The molecule has 0 radical (unpaired) electrons. The zero-order valence-electron chi connectivity index (χ0n) is 11.6. The van der Waals surface area contributed by atoms with Gasteiger partial charge in [0.15, 0.2) is 0 Å². The van der Waals surface area contributed by atoms with Crippen LogP contribution in [0.5, 0.6) is 0 Å². The summed E-state index contributed by atoms with van der Waals surface area (Å²) < 4.78 is 0. The number of anilines is 1. The lowest BCUT2D eigenvalue weighted by molar-refractivity contribution is -0.129. The summed E-state index contributed by atoms with van der Waals surface area (Å²) in [6.45, 7) is 1.29. The standard InChI is InChI=1S/C13H15N5O2S/c1-17-5-2-6-18(7-8(17)19)13(20)11-9(14)10-12(21-11)16-4-3-15-10/h3-4H,2,5-7,14H2,1H3. The molecule has 2 N–H and O–H groups in total. The number of carbonyl (C=O) groups is 2. The summed E-state index contributed by atoms with van der Waals surface area (Å²) in [5, 5.41) is 0. The predicted octanol–water partition coefficient (Wildman–Crippen LogP) is 0.578. The van der Waals surface area contributed by atoms with Crippen LogP contribution in [0.25, 0.3) is 10.3 Å². The SMILES string of the molecule is CN1CCCN(C(=O)c2sc3nccnc3c2N)CC1=O. The highest BCUT2D eigenvalue weighted by atomic mass is 32.1. The van der Waals surface area contributed by atoms with E-state index < -0.39 is 0 Å². The zero-order valence-corrected chi connectivity index (χ0v) is 12.4. The maximum Gasteiger partial charge on any atom is 0.266 e. The van der Waals surface area contributed by atoms with Crippen molar-refractivity contribution in [1.82, 2.24) is 19.8 Å². The summed E-state index contributed by atoms with van der Waals surface area (Å²) in [5.41, 5.74) is 6.90. The summed E-state index contributed by atoms with van der Waals surface area (Å²) in [7, 11) is 1.75. The fourth-order valence-electron chi connectivity index (χ4n) is 2.31. The quantitative estimate of drug-likeness (QED) is 0.832. The Morgan fingerprint density at radius 3 is 2.86 bits per heavy atom. The van der Waals surface area contributed by atoms with Gasteiger partial charge in [-0.25, -0.2) is 9.97 Å². The maximum absolute atomic E-state index is 12.6. The Balaban J connectivity index is 1.93. The fraction of sp³-hybridized carbons (Fsp3) is 0.385. The third-order valence-corrected chi connectivity index (χ3v) is 4.61. The van der Waals surface area contributed by atoms with Crippen molar-refractivity contribution >= 4 is 39.2 Å². The first kappa shape index (κ1) is 13.7. The monoisotopic (exact) mass is 305 g/mol. The van der Waals surface area contributed by atoms with Gasteiger partial charge in [-0.2, -0.15) is 0 Å². The molecule has 2 aromatic heterocycles. The number of hydrogen-bond donors (Lipinski definition) is 1. The van der Waals surface area contributed by atoms with Gasteiger partial charge < -0.3 is 15.5 Å². The summed E-state index contributed by atoms with van der Waals surface area (Å²) in [6.07, 6.45) is 3.87. The Morgan fingerprint density at radius 2 is 2.10 bits per heavy atom. The molecule has 0 atom stereocenters. The summed E-state index contributed by atoms with van der Waals surface area (Å²) in [6, 6.07) is 0. The molecule has 3 heterocycles. The Morgan fingerprint density at radius 1 is 1.33 bits per heavy atom. The molecular weight excluding hydrogens is 290 g/mol. The molecule has 0 aromatic carbocycles. The Bertz CT molecular complexity index is 714. The average Bonchev–Trinajstić information content (AvgIpc) is 2.72. The number of thiophene rings is 1. The van der Waals surface area contributed by atoms with E-state index in [1.165, 1.54) is 11.3 Å². The predicted molar refractivity (Wildman–Crippen MR) is 80.0 cm³/mol. The number of nitrogens with zero attached hydrogens (tertiary/aromatic N) is 4. The molecule has 2 amide bonds. The molecule has 0 aliphatic carbocycles. The van der Waals surface area contributed by atoms with Crippen LogP contribution in [0, 0.1) is 0 Å². The average molecular weight is 305 g/mol. The van der Waals surface area contributed by atoms with Gasteiger partial charge in [-0.15, -0.1) is 11.3 Å². The van der Waals surface area contributed by atoms with Crippen molar-refractivity contribution in [1.29, 1.82) is 0 Å². The van der Waals surface area contributed by atoms with Crippen LogP contribution in [0.3, 0.4) is 0 Å². The zero-order chi connectivity index (χ0) is 15.0. The highest BCUT2D eigenvalue weighted by Crippen LogP contribution is 2.31. The van der Waals surface area contributed by atoms with Gasteiger partial charge in [0.25, 0.3) is 5.91 Å².